The van der Waals surface area contributed by atoms with Crippen molar-refractivity contribution in [2.45, 2.75) is 38.8 Å². The number of nitrogens with zero attached hydrogens (tertiary/aromatic N) is 4. The molecule has 5 heteroatoms. The number of aromatic nitrogens is 4. The Labute approximate surface area is 130 Å². The van der Waals surface area contributed by atoms with E-state index >= 15 is 0 Å². The second-order valence-corrected chi connectivity index (χ2v) is 5.50. The van der Waals surface area contributed by atoms with Gasteiger partial charge in [0.25, 0.3) is 0 Å². The Balaban J connectivity index is 1.86. The Morgan fingerprint density at radius 1 is 1.18 bits per heavy atom. The van der Waals surface area contributed by atoms with Crippen LogP contribution in [0.5, 0.6) is 0 Å². The van der Waals surface area contributed by atoms with E-state index in [0.29, 0.717) is 0 Å². The predicted octanol–water partition coefficient (Wildman–Crippen LogP) is 3.32. The van der Waals surface area contributed by atoms with Crippen LogP contribution in [0.1, 0.15) is 50.2 Å². The van der Waals surface area contributed by atoms with E-state index in [1.807, 2.05) is 36.7 Å². The summed E-state index contributed by atoms with van der Waals surface area (Å²) in [5.74, 6) is 0.966. The molecule has 0 bridgehead atoms. The van der Waals surface area contributed by atoms with E-state index in [9.17, 15) is 0 Å². The number of rotatable bonds is 6. The topological polar surface area (TPSA) is 55.1 Å². The van der Waals surface area contributed by atoms with E-state index in [0.717, 1.165) is 24.3 Å². The molecule has 3 aromatic rings. The highest BCUT2D eigenvalue weighted by Gasteiger charge is 2.19. The van der Waals surface area contributed by atoms with Crippen LogP contribution in [-0.4, -0.2) is 19.6 Å². The van der Waals surface area contributed by atoms with Crippen LogP contribution in [-0.2, 0) is 0 Å². The first kappa shape index (κ1) is 14.7. The van der Waals surface area contributed by atoms with Gasteiger partial charge in [0.05, 0.1) is 6.04 Å². The summed E-state index contributed by atoms with van der Waals surface area (Å²) in [5, 5.41) is 12.3. The van der Waals surface area contributed by atoms with Gasteiger partial charge in [-0.15, -0.1) is 10.2 Å². The molecule has 0 aromatic carbocycles. The van der Waals surface area contributed by atoms with Crippen LogP contribution >= 0.6 is 0 Å². The molecule has 2 atom stereocenters. The number of hydrogen-bond donors (Lipinski definition) is 1. The lowest BCUT2D eigenvalue weighted by atomic mass is 10.1. The Hall–Kier alpha value is -2.27. The summed E-state index contributed by atoms with van der Waals surface area (Å²) in [7, 11) is 0. The minimum Gasteiger partial charge on any atom is -0.301 e. The second-order valence-electron chi connectivity index (χ2n) is 5.50. The van der Waals surface area contributed by atoms with Gasteiger partial charge in [0.2, 0.25) is 0 Å². The Bertz CT molecular complexity index is 722. The summed E-state index contributed by atoms with van der Waals surface area (Å²) in [6, 6.07) is 10.4. The largest absolute Gasteiger partial charge is 0.301 e. The molecule has 0 radical (unpaired) electrons. The molecule has 3 heterocycles. The lowest BCUT2D eigenvalue weighted by Crippen LogP contribution is -2.26. The van der Waals surface area contributed by atoms with Gasteiger partial charge in [0.1, 0.15) is 0 Å². The van der Waals surface area contributed by atoms with Crippen LogP contribution < -0.4 is 5.32 Å². The average Bonchev–Trinajstić information content (AvgIpc) is 2.99. The van der Waals surface area contributed by atoms with Gasteiger partial charge >= 0.3 is 0 Å². The normalized spacial score (nSPS) is 14.1. The van der Waals surface area contributed by atoms with Crippen LogP contribution in [0.15, 0.2) is 48.9 Å². The molecular formula is C17H21N5. The summed E-state index contributed by atoms with van der Waals surface area (Å²) in [4.78, 5) is 4.20. The van der Waals surface area contributed by atoms with Gasteiger partial charge in [-0.25, -0.2) is 0 Å². The van der Waals surface area contributed by atoms with Gasteiger partial charge in [0.15, 0.2) is 11.5 Å². The van der Waals surface area contributed by atoms with E-state index in [-0.39, 0.29) is 12.1 Å². The molecule has 0 aliphatic carbocycles. The van der Waals surface area contributed by atoms with Crippen LogP contribution in [0.3, 0.4) is 0 Å². The highest BCUT2D eigenvalue weighted by atomic mass is 15.3. The van der Waals surface area contributed by atoms with E-state index in [1.54, 1.807) is 6.20 Å². The molecule has 0 fully saturated rings. The number of pyridine rings is 2. The molecule has 0 saturated carbocycles. The summed E-state index contributed by atoms with van der Waals surface area (Å²) in [6.45, 7) is 4.34. The highest BCUT2D eigenvalue weighted by Crippen LogP contribution is 2.22. The smallest absolute Gasteiger partial charge is 0.160 e. The maximum atomic E-state index is 4.40. The third-order valence-electron chi connectivity index (χ3n) is 3.86. The average molecular weight is 295 g/mol. The molecule has 0 saturated heterocycles. The predicted molar refractivity (Wildman–Crippen MR) is 86.4 cm³/mol. The summed E-state index contributed by atoms with van der Waals surface area (Å²) in [6.07, 6.45) is 7.82. The van der Waals surface area contributed by atoms with Crippen molar-refractivity contribution in [1.29, 1.82) is 0 Å². The van der Waals surface area contributed by atoms with Crippen LogP contribution in [0.25, 0.3) is 5.65 Å². The molecule has 3 rings (SSSR count). The molecule has 114 valence electrons. The fourth-order valence-corrected chi connectivity index (χ4v) is 2.70. The molecular weight excluding hydrogens is 274 g/mol. The van der Waals surface area contributed by atoms with Gasteiger partial charge < -0.3 is 5.32 Å². The molecule has 0 spiro atoms. The molecule has 22 heavy (non-hydrogen) atoms. The van der Waals surface area contributed by atoms with Crippen LogP contribution in [0, 0.1) is 0 Å². The van der Waals surface area contributed by atoms with Crippen molar-refractivity contribution in [2.24, 2.45) is 0 Å². The lowest BCUT2D eigenvalue weighted by Gasteiger charge is -2.22. The van der Waals surface area contributed by atoms with Crippen molar-refractivity contribution in [1.82, 2.24) is 24.9 Å². The standard InChI is InChI=1S/C17H21N5/c1-3-7-15(19-13(2)14-8-6-10-18-12-14)17-21-20-16-9-4-5-11-22(16)17/h4-6,8-13,15,19H,3,7H2,1-2H3/t13-,15+/m0/s1. The fraction of sp³-hybridized carbons (Fsp3) is 0.353. The minimum absolute atomic E-state index is 0.164. The van der Waals surface area contributed by atoms with Crippen molar-refractivity contribution < 1.29 is 0 Å². The number of hydrogen-bond acceptors (Lipinski definition) is 4. The number of nitrogens with one attached hydrogen (secondary N) is 1. The first-order valence-corrected chi connectivity index (χ1v) is 7.75. The van der Waals surface area contributed by atoms with E-state index < -0.39 is 0 Å². The van der Waals surface area contributed by atoms with Gasteiger partial charge in [0, 0.05) is 24.6 Å². The van der Waals surface area contributed by atoms with Crippen LogP contribution in [0.2, 0.25) is 0 Å². The third-order valence-corrected chi connectivity index (χ3v) is 3.86. The molecule has 0 aliphatic rings. The van der Waals surface area contributed by atoms with E-state index in [1.165, 1.54) is 5.56 Å². The molecule has 1 N–H and O–H groups in total. The quantitative estimate of drug-likeness (QED) is 0.758. The van der Waals surface area contributed by atoms with Gasteiger partial charge in [-0.2, -0.15) is 0 Å². The number of fused-ring (bicyclic) bond motifs is 1. The Kier molecular flexibility index (Phi) is 4.44. The van der Waals surface area contributed by atoms with Gasteiger partial charge in [-0.1, -0.05) is 25.5 Å². The Morgan fingerprint density at radius 2 is 2.09 bits per heavy atom. The monoisotopic (exact) mass is 295 g/mol. The molecule has 0 amide bonds. The zero-order chi connectivity index (χ0) is 15.4. The molecule has 5 nitrogen and oxygen atoms in total. The highest BCUT2D eigenvalue weighted by molar-refractivity contribution is 5.37. The maximum absolute atomic E-state index is 4.40. The van der Waals surface area contributed by atoms with Gasteiger partial charge in [-0.3, -0.25) is 9.38 Å². The first-order chi connectivity index (χ1) is 10.8. The lowest BCUT2D eigenvalue weighted by molar-refractivity contribution is 0.419. The first-order valence-electron chi connectivity index (χ1n) is 7.75. The zero-order valence-electron chi connectivity index (χ0n) is 13.0. The SMILES string of the molecule is CCC[C@@H](N[C@@H](C)c1cccnc1)c1nnc2ccccn12. The van der Waals surface area contributed by atoms with Crippen molar-refractivity contribution in [2.75, 3.05) is 0 Å². The molecule has 3 aromatic heterocycles. The zero-order valence-corrected chi connectivity index (χ0v) is 13.0. The second kappa shape index (κ2) is 6.66. The molecule has 0 aliphatic heterocycles. The third kappa shape index (κ3) is 2.99. The summed E-state index contributed by atoms with van der Waals surface area (Å²) < 4.78 is 2.06. The van der Waals surface area contributed by atoms with E-state index in [4.69, 9.17) is 0 Å². The van der Waals surface area contributed by atoms with E-state index in [2.05, 4.69) is 44.8 Å². The minimum atomic E-state index is 0.164. The van der Waals surface area contributed by atoms with Crippen molar-refractivity contribution in [3.63, 3.8) is 0 Å². The van der Waals surface area contributed by atoms with Crippen molar-refractivity contribution in [3.8, 4) is 0 Å². The molecule has 0 unspecified atom stereocenters. The summed E-state index contributed by atoms with van der Waals surface area (Å²) in [5.41, 5.74) is 2.06. The van der Waals surface area contributed by atoms with Crippen molar-refractivity contribution in [3.05, 3.63) is 60.3 Å². The Morgan fingerprint density at radius 3 is 2.86 bits per heavy atom. The summed E-state index contributed by atoms with van der Waals surface area (Å²) >= 11 is 0. The fourth-order valence-electron chi connectivity index (χ4n) is 2.70. The maximum Gasteiger partial charge on any atom is 0.160 e. The van der Waals surface area contributed by atoms with Crippen LogP contribution in [0.4, 0.5) is 0 Å². The van der Waals surface area contributed by atoms with Gasteiger partial charge in [-0.05, 0) is 37.1 Å². The van der Waals surface area contributed by atoms with Crippen molar-refractivity contribution >= 4 is 5.65 Å².